The van der Waals surface area contributed by atoms with Gasteiger partial charge in [-0.15, -0.1) is 0 Å². The number of nitrogens with one attached hydrogen (secondary N) is 1. The molecule has 0 fully saturated rings. The van der Waals surface area contributed by atoms with Crippen LogP contribution in [0.4, 0.5) is 10.2 Å². The van der Waals surface area contributed by atoms with E-state index in [1.54, 1.807) is 48.5 Å². The average Bonchev–Trinajstić information content (AvgIpc) is 2.90. The third-order valence-electron chi connectivity index (χ3n) is 5.94. The second kappa shape index (κ2) is 12.4. The van der Waals surface area contributed by atoms with Crippen molar-refractivity contribution in [2.45, 2.75) is 12.3 Å². The summed E-state index contributed by atoms with van der Waals surface area (Å²) in [5.41, 5.74) is 1.35. The Bertz CT molecular complexity index is 1530. The van der Waals surface area contributed by atoms with Crippen molar-refractivity contribution in [3.05, 3.63) is 99.8 Å². The molecule has 2 heterocycles. The summed E-state index contributed by atoms with van der Waals surface area (Å²) in [6.07, 6.45) is 0.297. The smallest absolute Gasteiger partial charge is 0.549 e. The fraction of sp³-hybridized carbons (Fsp3) is 0.107. The number of anilines is 1. The van der Waals surface area contributed by atoms with Crippen molar-refractivity contribution in [1.29, 1.82) is 0 Å². The van der Waals surface area contributed by atoms with E-state index in [0.717, 1.165) is 0 Å². The third kappa shape index (κ3) is 6.54. The second-order valence-electron chi connectivity index (χ2n) is 8.44. The van der Waals surface area contributed by atoms with E-state index in [0.29, 0.717) is 39.6 Å². The largest absolute Gasteiger partial charge is 1.00 e. The number of aliphatic carboxylic acids is 1. The van der Waals surface area contributed by atoms with E-state index >= 15 is 0 Å². The molecule has 1 aliphatic rings. The van der Waals surface area contributed by atoms with Crippen LogP contribution in [-0.2, 0) is 4.79 Å². The summed E-state index contributed by atoms with van der Waals surface area (Å²) in [5, 5.41) is 14.8. The van der Waals surface area contributed by atoms with Gasteiger partial charge in [-0.05, 0) is 61.0 Å². The molecular formula is C28H18Cl2FN2NaO5. The van der Waals surface area contributed by atoms with Crippen molar-refractivity contribution in [2.24, 2.45) is 0 Å². The third-order valence-corrected chi connectivity index (χ3v) is 6.49. The van der Waals surface area contributed by atoms with Gasteiger partial charge in [0, 0.05) is 39.7 Å². The zero-order valence-electron chi connectivity index (χ0n) is 20.5. The Hall–Kier alpha value is -3.14. The Balaban J connectivity index is 0.00000353. The van der Waals surface area contributed by atoms with Gasteiger partial charge in [0.1, 0.15) is 34.6 Å². The van der Waals surface area contributed by atoms with Crippen molar-refractivity contribution in [1.82, 2.24) is 4.98 Å². The van der Waals surface area contributed by atoms with Gasteiger partial charge in [-0.3, -0.25) is 4.79 Å². The van der Waals surface area contributed by atoms with Crippen LogP contribution >= 0.6 is 23.2 Å². The number of aromatic nitrogens is 1. The minimum absolute atomic E-state index is 0. The molecule has 192 valence electrons. The monoisotopic (exact) mass is 574 g/mol. The van der Waals surface area contributed by atoms with Gasteiger partial charge in [0.25, 0.3) is 5.91 Å². The number of fused-ring (bicyclic) bond motifs is 1. The number of ether oxygens (including phenoxy) is 2. The molecule has 7 nitrogen and oxygen atoms in total. The number of benzene rings is 3. The molecule has 0 saturated heterocycles. The molecule has 1 amide bonds. The molecule has 4 aromatic rings. The van der Waals surface area contributed by atoms with E-state index in [2.05, 4.69) is 10.3 Å². The fourth-order valence-electron chi connectivity index (χ4n) is 4.02. The number of carboxylic acid groups (broad SMARTS) is 1. The number of carboxylic acids is 1. The summed E-state index contributed by atoms with van der Waals surface area (Å²) in [7, 11) is 0. The molecule has 0 spiro atoms. The Morgan fingerprint density at radius 1 is 1.03 bits per heavy atom. The molecule has 5 rings (SSSR count). The first kappa shape index (κ1) is 28.9. The summed E-state index contributed by atoms with van der Waals surface area (Å²) in [5.74, 6) is -1.78. The zero-order valence-corrected chi connectivity index (χ0v) is 24.1. The van der Waals surface area contributed by atoms with Gasteiger partial charge in [-0.2, -0.15) is 0 Å². The SMILES string of the molecule is O=C(Nc1ccc(F)c(-c2ccc(Cl)cc2)n1)c1ccc(Oc2cc3c(cc2Cl)C(C(=O)[O-])CCO3)cc1.[Na+]. The Labute approximate surface area is 255 Å². The molecule has 0 aliphatic carbocycles. The molecule has 11 heteroatoms. The summed E-state index contributed by atoms with van der Waals surface area (Å²) >= 11 is 12.2. The van der Waals surface area contributed by atoms with Gasteiger partial charge in [0.2, 0.25) is 0 Å². The molecule has 1 unspecified atom stereocenters. The first-order valence-electron chi connectivity index (χ1n) is 11.5. The van der Waals surface area contributed by atoms with E-state index < -0.39 is 23.6 Å². The van der Waals surface area contributed by atoms with Crippen LogP contribution in [0.25, 0.3) is 11.3 Å². The standard InChI is InChI=1S/C28H19Cl2FN2O5.Na/c29-17-5-1-15(2-6-17)26-22(31)9-10-25(32-26)33-27(34)16-3-7-18(8-4-16)38-24-14-23-20(13-21(24)30)19(28(35)36)11-12-37-23;/h1-10,13-14,19H,11-12H2,(H,35,36)(H,32,33,34);/q;+1/p-1. The predicted molar refractivity (Wildman–Crippen MR) is 138 cm³/mol. The first-order chi connectivity index (χ1) is 18.3. The quantitative estimate of drug-likeness (QED) is 0.355. The molecule has 3 aromatic carbocycles. The van der Waals surface area contributed by atoms with Gasteiger partial charge in [-0.25, -0.2) is 9.37 Å². The van der Waals surface area contributed by atoms with E-state index in [-0.39, 0.29) is 58.4 Å². The van der Waals surface area contributed by atoms with Gasteiger partial charge in [-0.1, -0.05) is 35.3 Å². The average molecular weight is 575 g/mol. The Morgan fingerprint density at radius 2 is 1.74 bits per heavy atom. The minimum atomic E-state index is -1.19. The first-order valence-corrected chi connectivity index (χ1v) is 12.2. The van der Waals surface area contributed by atoms with Crippen molar-refractivity contribution in [3.63, 3.8) is 0 Å². The number of amides is 1. The number of rotatable bonds is 6. The molecular weight excluding hydrogens is 557 g/mol. The summed E-state index contributed by atoms with van der Waals surface area (Å²) in [4.78, 5) is 28.4. The minimum Gasteiger partial charge on any atom is -0.549 e. The maximum absolute atomic E-state index is 14.3. The summed E-state index contributed by atoms with van der Waals surface area (Å²) in [6, 6.07) is 18.4. The van der Waals surface area contributed by atoms with Crippen LogP contribution in [-0.4, -0.2) is 23.5 Å². The Morgan fingerprint density at radius 3 is 2.44 bits per heavy atom. The van der Waals surface area contributed by atoms with Crippen molar-refractivity contribution in [3.8, 4) is 28.5 Å². The molecule has 1 aromatic heterocycles. The zero-order chi connectivity index (χ0) is 26.8. The van der Waals surface area contributed by atoms with Gasteiger partial charge in [0.05, 0.1) is 11.6 Å². The van der Waals surface area contributed by atoms with Gasteiger partial charge < -0.3 is 24.7 Å². The number of halogens is 3. The number of carbonyl (C=O) groups is 2. The van der Waals surface area contributed by atoms with E-state index in [4.69, 9.17) is 32.7 Å². The number of carbonyl (C=O) groups excluding carboxylic acids is 2. The topological polar surface area (TPSA) is 101 Å². The van der Waals surface area contributed by atoms with Crippen LogP contribution in [0.2, 0.25) is 10.0 Å². The predicted octanol–water partition coefficient (Wildman–Crippen LogP) is 2.86. The van der Waals surface area contributed by atoms with Crippen molar-refractivity contribution >= 4 is 40.9 Å². The maximum Gasteiger partial charge on any atom is 1.00 e. The van der Waals surface area contributed by atoms with E-state index in [1.807, 2.05) is 0 Å². The Kier molecular flexibility index (Phi) is 9.15. The molecule has 1 aliphatic heterocycles. The van der Waals surface area contributed by atoms with Crippen molar-refractivity contribution in [2.75, 3.05) is 11.9 Å². The van der Waals surface area contributed by atoms with E-state index in [1.165, 1.54) is 24.3 Å². The summed E-state index contributed by atoms with van der Waals surface area (Å²) in [6.45, 7) is 0.237. The molecule has 0 radical (unpaired) electrons. The van der Waals surface area contributed by atoms with Crippen LogP contribution in [0.3, 0.4) is 0 Å². The van der Waals surface area contributed by atoms with Gasteiger partial charge >= 0.3 is 29.6 Å². The van der Waals surface area contributed by atoms with E-state index in [9.17, 15) is 19.1 Å². The van der Waals surface area contributed by atoms with Gasteiger partial charge in [0.15, 0.2) is 0 Å². The molecule has 39 heavy (non-hydrogen) atoms. The summed E-state index contributed by atoms with van der Waals surface area (Å²) < 4.78 is 25.8. The van der Waals surface area contributed by atoms with Crippen LogP contribution in [0.15, 0.2) is 72.8 Å². The fourth-order valence-corrected chi connectivity index (χ4v) is 4.36. The number of nitrogens with zero attached hydrogens (tertiary/aromatic N) is 1. The molecule has 0 bridgehead atoms. The van der Waals surface area contributed by atoms with Crippen LogP contribution in [0.5, 0.6) is 17.2 Å². The second-order valence-corrected chi connectivity index (χ2v) is 9.29. The normalized spacial score (nSPS) is 13.9. The number of hydrogen-bond donors (Lipinski definition) is 1. The molecule has 1 N–H and O–H groups in total. The maximum atomic E-state index is 14.3. The van der Waals surface area contributed by atoms with Crippen LogP contribution in [0.1, 0.15) is 28.3 Å². The van der Waals surface area contributed by atoms with Crippen LogP contribution in [0, 0.1) is 5.82 Å². The van der Waals surface area contributed by atoms with Crippen LogP contribution < -0.4 is 49.5 Å². The molecule has 0 saturated carbocycles. The number of hydrogen-bond acceptors (Lipinski definition) is 6. The van der Waals surface area contributed by atoms with Crippen molar-refractivity contribution < 1.29 is 58.1 Å². The molecule has 1 atom stereocenters. The number of pyridine rings is 1.